The van der Waals surface area contributed by atoms with E-state index >= 15 is 0 Å². The monoisotopic (exact) mass is 302 g/mol. The van der Waals surface area contributed by atoms with E-state index in [1.54, 1.807) is 11.3 Å². The van der Waals surface area contributed by atoms with Gasteiger partial charge in [0.25, 0.3) is 5.91 Å². The standard InChI is InChI=1S/C15H14N2OS2/c1-9(10-4-5-19-8-10)17-15(18)14-7-11-6-12(16)2-3-13(11)20-14/h2-9H,16H2,1H3,(H,17,18). The highest BCUT2D eigenvalue weighted by Gasteiger charge is 2.14. The van der Waals surface area contributed by atoms with Gasteiger partial charge in [-0.1, -0.05) is 0 Å². The van der Waals surface area contributed by atoms with E-state index in [-0.39, 0.29) is 11.9 Å². The lowest BCUT2D eigenvalue weighted by Crippen LogP contribution is -2.25. The van der Waals surface area contributed by atoms with Crippen molar-refractivity contribution in [1.82, 2.24) is 5.32 Å². The Labute approximate surface area is 125 Å². The largest absolute Gasteiger partial charge is 0.399 e. The SMILES string of the molecule is CC(NC(=O)c1cc2cc(N)ccc2s1)c1ccsc1. The van der Waals surface area contributed by atoms with Crippen molar-refractivity contribution in [3.63, 3.8) is 0 Å². The zero-order valence-electron chi connectivity index (χ0n) is 10.9. The first-order valence-electron chi connectivity index (χ1n) is 6.25. The predicted molar refractivity (Wildman–Crippen MR) is 86.4 cm³/mol. The molecule has 20 heavy (non-hydrogen) atoms. The lowest BCUT2D eigenvalue weighted by molar-refractivity contribution is 0.0944. The van der Waals surface area contributed by atoms with Crippen LogP contribution in [0.5, 0.6) is 0 Å². The first kappa shape index (κ1) is 13.1. The number of thiophene rings is 2. The number of nitrogen functional groups attached to an aromatic ring is 1. The number of carbonyl (C=O) groups excluding carboxylic acids is 1. The molecule has 1 aromatic carbocycles. The molecule has 0 fully saturated rings. The van der Waals surface area contributed by atoms with Gasteiger partial charge in [0.2, 0.25) is 0 Å². The summed E-state index contributed by atoms with van der Waals surface area (Å²) in [5, 5.41) is 8.10. The minimum absolute atomic E-state index is 0.0176. The smallest absolute Gasteiger partial charge is 0.261 e. The fourth-order valence-corrected chi connectivity index (χ4v) is 3.75. The third-order valence-corrected chi connectivity index (χ3v) is 4.97. The van der Waals surface area contributed by atoms with Crippen molar-refractivity contribution in [3.8, 4) is 0 Å². The van der Waals surface area contributed by atoms with E-state index in [2.05, 4.69) is 10.7 Å². The van der Waals surface area contributed by atoms with E-state index in [0.29, 0.717) is 10.6 Å². The van der Waals surface area contributed by atoms with E-state index < -0.39 is 0 Å². The predicted octanol–water partition coefficient (Wildman–Crippen LogP) is 4.04. The van der Waals surface area contributed by atoms with Crippen LogP contribution in [0.25, 0.3) is 10.1 Å². The van der Waals surface area contributed by atoms with Gasteiger partial charge in [0.05, 0.1) is 10.9 Å². The summed E-state index contributed by atoms with van der Waals surface area (Å²) in [6.45, 7) is 1.99. The molecule has 0 aliphatic rings. The summed E-state index contributed by atoms with van der Waals surface area (Å²) in [4.78, 5) is 13.0. The first-order chi connectivity index (χ1) is 9.63. The molecule has 0 saturated carbocycles. The van der Waals surface area contributed by atoms with Gasteiger partial charge >= 0.3 is 0 Å². The van der Waals surface area contributed by atoms with Crippen molar-refractivity contribution in [2.75, 3.05) is 5.73 Å². The Hall–Kier alpha value is -1.85. The number of hydrogen-bond donors (Lipinski definition) is 2. The minimum atomic E-state index is -0.0385. The van der Waals surface area contributed by atoms with Crippen molar-refractivity contribution in [2.45, 2.75) is 13.0 Å². The minimum Gasteiger partial charge on any atom is -0.399 e. The van der Waals surface area contributed by atoms with Crippen LogP contribution in [0, 0.1) is 0 Å². The number of anilines is 1. The molecule has 1 amide bonds. The molecule has 3 aromatic rings. The van der Waals surface area contributed by atoms with Gasteiger partial charge in [-0.15, -0.1) is 11.3 Å². The van der Waals surface area contributed by atoms with Gasteiger partial charge in [-0.3, -0.25) is 4.79 Å². The number of hydrogen-bond acceptors (Lipinski definition) is 4. The number of nitrogens with one attached hydrogen (secondary N) is 1. The van der Waals surface area contributed by atoms with Crippen molar-refractivity contribution < 1.29 is 4.79 Å². The molecule has 3 N–H and O–H groups in total. The Morgan fingerprint density at radius 2 is 2.15 bits per heavy atom. The molecule has 0 spiro atoms. The lowest BCUT2D eigenvalue weighted by atomic mass is 10.2. The van der Waals surface area contributed by atoms with Gasteiger partial charge < -0.3 is 11.1 Å². The molecule has 2 heterocycles. The summed E-state index contributed by atoms with van der Waals surface area (Å²) in [6, 6.07) is 9.64. The van der Waals surface area contributed by atoms with Crippen LogP contribution in [0.2, 0.25) is 0 Å². The average molecular weight is 302 g/mol. The maximum absolute atomic E-state index is 12.3. The average Bonchev–Trinajstić information content (AvgIpc) is 3.07. The van der Waals surface area contributed by atoms with Gasteiger partial charge in [0.1, 0.15) is 0 Å². The molecular weight excluding hydrogens is 288 g/mol. The van der Waals surface area contributed by atoms with E-state index in [4.69, 9.17) is 5.73 Å². The van der Waals surface area contributed by atoms with Crippen LogP contribution >= 0.6 is 22.7 Å². The number of nitrogens with two attached hydrogens (primary N) is 1. The molecule has 2 aromatic heterocycles. The molecule has 3 nitrogen and oxygen atoms in total. The molecule has 0 aliphatic heterocycles. The third-order valence-electron chi connectivity index (χ3n) is 3.15. The number of benzene rings is 1. The summed E-state index contributed by atoms with van der Waals surface area (Å²) < 4.78 is 1.08. The summed E-state index contributed by atoms with van der Waals surface area (Å²) in [5.41, 5.74) is 7.61. The second-order valence-corrected chi connectivity index (χ2v) is 6.52. The molecule has 0 bridgehead atoms. The Morgan fingerprint density at radius 3 is 2.90 bits per heavy atom. The highest BCUT2D eigenvalue weighted by atomic mass is 32.1. The van der Waals surface area contributed by atoms with Gasteiger partial charge in [0, 0.05) is 10.4 Å². The Balaban J connectivity index is 1.82. The number of amides is 1. The van der Waals surface area contributed by atoms with Crippen LogP contribution in [0.15, 0.2) is 41.1 Å². The van der Waals surface area contributed by atoms with E-state index in [1.165, 1.54) is 11.3 Å². The van der Waals surface area contributed by atoms with E-state index in [9.17, 15) is 4.79 Å². The summed E-state index contributed by atoms with van der Waals surface area (Å²) >= 11 is 3.12. The lowest BCUT2D eigenvalue weighted by Gasteiger charge is -2.11. The quantitative estimate of drug-likeness (QED) is 0.718. The fourth-order valence-electron chi connectivity index (χ4n) is 2.05. The van der Waals surface area contributed by atoms with Gasteiger partial charge in [-0.05, 0) is 59.0 Å². The molecule has 0 aliphatic carbocycles. The first-order valence-corrected chi connectivity index (χ1v) is 8.01. The Kier molecular flexibility index (Phi) is 3.46. The van der Waals surface area contributed by atoms with Gasteiger partial charge in [-0.2, -0.15) is 11.3 Å². The molecule has 1 unspecified atom stereocenters. The Morgan fingerprint density at radius 1 is 1.30 bits per heavy atom. The second-order valence-electron chi connectivity index (χ2n) is 4.66. The topological polar surface area (TPSA) is 55.1 Å². The molecule has 0 radical (unpaired) electrons. The van der Waals surface area contributed by atoms with Crippen LogP contribution in [-0.4, -0.2) is 5.91 Å². The van der Waals surface area contributed by atoms with E-state index in [0.717, 1.165) is 15.6 Å². The zero-order chi connectivity index (χ0) is 14.1. The van der Waals surface area contributed by atoms with Crippen molar-refractivity contribution in [1.29, 1.82) is 0 Å². The van der Waals surface area contributed by atoms with Gasteiger partial charge in [-0.25, -0.2) is 0 Å². The van der Waals surface area contributed by atoms with Crippen LogP contribution in [0.3, 0.4) is 0 Å². The fraction of sp³-hybridized carbons (Fsp3) is 0.133. The number of rotatable bonds is 3. The molecule has 3 rings (SSSR count). The maximum atomic E-state index is 12.3. The zero-order valence-corrected chi connectivity index (χ0v) is 12.6. The van der Waals surface area contributed by atoms with Crippen LogP contribution < -0.4 is 11.1 Å². The third kappa shape index (κ3) is 2.55. The summed E-state index contributed by atoms with van der Waals surface area (Å²) in [5.74, 6) is -0.0385. The number of carbonyl (C=O) groups is 1. The highest BCUT2D eigenvalue weighted by Crippen LogP contribution is 2.27. The van der Waals surface area contributed by atoms with Gasteiger partial charge in [0.15, 0.2) is 0 Å². The Bertz CT molecular complexity index is 746. The van der Waals surface area contributed by atoms with Crippen LogP contribution in [0.4, 0.5) is 5.69 Å². The van der Waals surface area contributed by atoms with Crippen LogP contribution in [0.1, 0.15) is 28.2 Å². The van der Waals surface area contributed by atoms with Crippen LogP contribution in [-0.2, 0) is 0 Å². The molecule has 5 heteroatoms. The van der Waals surface area contributed by atoms with Crippen molar-refractivity contribution in [3.05, 3.63) is 51.5 Å². The summed E-state index contributed by atoms with van der Waals surface area (Å²) in [7, 11) is 0. The molecule has 0 saturated heterocycles. The maximum Gasteiger partial charge on any atom is 0.261 e. The highest BCUT2D eigenvalue weighted by molar-refractivity contribution is 7.20. The second kappa shape index (κ2) is 5.26. The summed E-state index contributed by atoms with van der Waals surface area (Å²) in [6.07, 6.45) is 0. The molecular formula is C15H14N2OS2. The molecule has 102 valence electrons. The van der Waals surface area contributed by atoms with Crippen molar-refractivity contribution in [2.24, 2.45) is 0 Å². The van der Waals surface area contributed by atoms with Crippen molar-refractivity contribution >= 4 is 44.4 Å². The normalized spacial score (nSPS) is 12.4. The number of fused-ring (bicyclic) bond motifs is 1. The van der Waals surface area contributed by atoms with E-state index in [1.807, 2.05) is 42.6 Å². The molecule has 1 atom stereocenters.